The molecule has 0 saturated carbocycles. The minimum Gasteiger partial charge on any atom is -0.385 e. The van der Waals surface area contributed by atoms with E-state index in [1.165, 1.54) is 6.26 Å². The molecule has 1 aromatic carbocycles. The van der Waals surface area contributed by atoms with E-state index >= 15 is 0 Å². The lowest BCUT2D eigenvalue weighted by Gasteiger charge is -2.25. The minimum absolute atomic E-state index is 0.0668. The Balaban J connectivity index is 2.79. The van der Waals surface area contributed by atoms with Gasteiger partial charge in [-0.25, -0.2) is 8.42 Å². The van der Waals surface area contributed by atoms with E-state index < -0.39 is 15.4 Å². The summed E-state index contributed by atoms with van der Waals surface area (Å²) < 4.78 is 22.9. The summed E-state index contributed by atoms with van der Waals surface area (Å²) in [5.74, 6) is 0.0668. The van der Waals surface area contributed by atoms with E-state index in [-0.39, 0.29) is 5.75 Å². The van der Waals surface area contributed by atoms with Gasteiger partial charge in [0.2, 0.25) is 0 Å². The van der Waals surface area contributed by atoms with Gasteiger partial charge in [0, 0.05) is 27.1 Å². The second kappa shape index (κ2) is 5.90. The Morgan fingerprint density at radius 2 is 2.06 bits per heavy atom. The van der Waals surface area contributed by atoms with Gasteiger partial charge in [-0.05, 0) is 31.9 Å². The second-order valence-electron chi connectivity index (χ2n) is 4.63. The fourth-order valence-corrected chi connectivity index (χ4v) is 3.29. The Labute approximate surface area is 121 Å². The maximum Gasteiger partial charge on any atom is 0.147 e. The van der Waals surface area contributed by atoms with Gasteiger partial charge in [-0.1, -0.05) is 33.6 Å². The molecule has 0 radical (unpaired) electrons. The minimum atomic E-state index is -3.00. The topological polar surface area (TPSA) is 54.4 Å². The lowest BCUT2D eigenvalue weighted by Crippen LogP contribution is -2.22. The normalized spacial score (nSPS) is 15.4. The van der Waals surface area contributed by atoms with Gasteiger partial charge in [-0.15, -0.1) is 0 Å². The molecular weight excluding hydrogens is 340 g/mol. The maximum atomic E-state index is 11.1. The molecule has 102 valence electrons. The van der Waals surface area contributed by atoms with Crippen molar-refractivity contribution in [3.63, 3.8) is 0 Å². The zero-order valence-corrected chi connectivity index (χ0v) is 13.4. The van der Waals surface area contributed by atoms with E-state index in [2.05, 4.69) is 15.9 Å². The molecule has 0 aromatic heterocycles. The van der Waals surface area contributed by atoms with Crippen LogP contribution < -0.4 is 0 Å². The van der Waals surface area contributed by atoms with Crippen LogP contribution in [0, 0.1) is 0 Å². The molecule has 3 nitrogen and oxygen atoms in total. The Bertz CT molecular complexity index is 526. The molecular formula is C12H16BrClO3S. The maximum absolute atomic E-state index is 11.1. The lowest BCUT2D eigenvalue weighted by atomic mass is 9.91. The van der Waals surface area contributed by atoms with Crippen LogP contribution in [0.15, 0.2) is 22.7 Å². The summed E-state index contributed by atoms with van der Waals surface area (Å²) in [6.07, 6.45) is 1.94. The van der Waals surface area contributed by atoms with Gasteiger partial charge in [-0.2, -0.15) is 0 Å². The van der Waals surface area contributed by atoms with E-state index in [0.717, 1.165) is 4.47 Å². The number of aliphatic hydroxyl groups is 1. The summed E-state index contributed by atoms with van der Waals surface area (Å²) in [6.45, 7) is 1.64. The van der Waals surface area contributed by atoms with Crippen LogP contribution in [0.5, 0.6) is 0 Å². The van der Waals surface area contributed by atoms with Crippen LogP contribution in [0.25, 0.3) is 0 Å². The Kier molecular flexibility index (Phi) is 5.23. The monoisotopic (exact) mass is 354 g/mol. The molecule has 6 heteroatoms. The average Bonchev–Trinajstić information content (AvgIpc) is 2.13. The molecule has 0 aliphatic carbocycles. The first-order valence-corrected chi connectivity index (χ1v) is 8.70. The molecule has 0 aliphatic rings. The van der Waals surface area contributed by atoms with E-state index in [1.807, 2.05) is 0 Å². The molecule has 1 N–H and O–H groups in total. The first-order chi connectivity index (χ1) is 8.12. The van der Waals surface area contributed by atoms with E-state index in [9.17, 15) is 13.5 Å². The van der Waals surface area contributed by atoms with Crippen molar-refractivity contribution in [3.8, 4) is 0 Å². The predicted octanol–water partition coefficient (Wildman–Crippen LogP) is 3.13. The summed E-state index contributed by atoms with van der Waals surface area (Å²) in [5.41, 5.74) is -0.511. The van der Waals surface area contributed by atoms with Gasteiger partial charge in [0.15, 0.2) is 0 Å². The predicted molar refractivity (Wildman–Crippen MR) is 77.7 cm³/mol. The molecule has 0 fully saturated rings. The van der Waals surface area contributed by atoms with Crippen LogP contribution in [0.1, 0.15) is 25.3 Å². The average molecular weight is 356 g/mol. The molecule has 1 rings (SSSR count). The summed E-state index contributed by atoms with van der Waals surface area (Å²) in [5, 5.41) is 10.8. The van der Waals surface area contributed by atoms with Gasteiger partial charge in [-0.3, -0.25) is 0 Å². The van der Waals surface area contributed by atoms with Crippen LogP contribution in [0.2, 0.25) is 5.02 Å². The molecule has 1 aromatic rings. The van der Waals surface area contributed by atoms with Gasteiger partial charge in [0.1, 0.15) is 9.84 Å². The number of sulfone groups is 1. The number of benzene rings is 1. The number of rotatable bonds is 5. The highest BCUT2D eigenvalue weighted by molar-refractivity contribution is 9.10. The summed E-state index contributed by atoms with van der Waals surface area (Å²) in [6, 6.07) is 5.25. The Morgan fingerprint density at radius 1 is 1.44 bits per heavy atom. The third-order valence-electron chi connectivity index (χ3n) is 2.69. The standard InChI is InChI=1S/C12H16BrClO3S/c1-12(15,6-3-7-18(2,16)17)10-5-4-9(13)8-11(10)14/h4-5,8,15H,3,6-7H2,1-2H3. The van der Waals surface area contributed by atoms with Crippen LogP contribution in [0.3, 0.4) is 0 Å². The van der Waals surface area contributed by atoms with Crippen molar-refractivity contribution in [2.24, 2.45) is 0 Å². The van der Waals surface area contributed by atoms with Crippen LogP contribution in [-0.2, 0) is 15.4 Å². The van der Waals surface area contributed by atoms with Crippen molar-refractivity contribution in [3.05, 3.63) is 33.3 Å². The van der Waals surface area contributed by atoms with Gasteiger partial charge in [0.25, 0.3) is 0 Å². The van der Waals surface area contributed by atoms with Crippen LogP contribution in [-0.4, -0.2) is 25.5 Å². The number of hydrogen-bond donors (Lipinski definition) is 1. The molecule has 0 aliphatic heterocycles. The van der Waals surface area contributed by atoms with Crippen LogP contribution in [0.4, 0.5) is 0 Å². The van der Waals surface area contributed by atoms with Crippen LogP contribution >= 0.6 is 27.5 Å². The van der Waals surface area contributed by atoms with Gasteiger partial charge >= 0.3 is 0 Å². The van der Waals surface area contributed by atoms with Crippen molar-refractivity contribution in [2.45, 2.75) is 25.4 Å². The fourth-order valence-electron chi connectivity index (χ4n) is 1.74. The Morgan fingerprint density at radius 3 is 2.56 bits per heavy atom. The molecule has 18 heavy (non-hydrogen) atoms. The van der Waals surface area contributed by atoms with Crippen molar-refractivity contribution in [2.75, 3.05) is 12.0 Å². The highest BCUT2D eigenvalue weighted by Gasteiger charge is 2.25. The molecule has 0 amide bonds. The fraction of sp³-hybridized carbons (Fsp3) is 0.500. The van der Waals surface area contributed by atoms with Crippen molar-refractivity contribution >= 4 is 37.4 Å². The zero-order chi connectivity index (χ0) is 14.0. The van der Waals surface area contributed by atoms with Crippen molar-refractivity contribution < 1.29 is 13.5 Å². The number of hydrogen-bond acceptors (Lipinski definition) is 3. The largest absolute Gasteiger partial charge is 0.385 e. The molecule has 0 bridgehead atoms. The smallest absolute Gasteiger partial charge is 0.147 e. The molecule has 0 saturated heterocycles. The van der Waals surface area contributed by atoms with E-state index in [4.69, 9.17) is 11.6 Å². The summed E-state index contributed by atoms with van der Waals surface area (Å²) >= 11 is 9.37. The lowest BCUT2D eigenvalue weighted by molar-refractivity contribution is 0.0473. The highest BCUT2D eigenvalue weighted by Crippen LogP contribution is 2.33. The first kappa shape index (κ1) is 16.0. The SMILES string of the molecule is CC(O)(CCCS(C)(=O)=O)c1ccc(Br)cc1Cl. The molecule has 1 unspecified atom stereocenters. The zero-order valence-electron chi connectivity index (χ0n) is 10.3. The van der Waals surface area contributed by atoms with E-state index in [0.29, 0.717) is 23.4 Å². The summed E-state index contributed by atoms with van der Waals surface area (Å²) in [7, 11) is -3.00. The highest BCUT2D eigenvalue weighted by atomic mass is 79.9. The second-order valence-corrected chi connectivity index (χ2v) is 8.21. The third-order valence-corrected chi connectivity index (χ3v) is 4.53. The van der Waals surface area contributed by atoms with E-state index in [1.54, 1.807) is 25.1 Å². The Hall–Kier alpha value is -0.100. The molecule has 0 heterocycles. The first-order valence-electron chi connectivity index (χ1n) is 5.47. The van der Waals surface area contributed by atoms with Gasteiger partial charge < -0.3 is 5.11 Å². The number of halogens is 2. The third kappa shape index (κ3) is 4.88. The molecule has 1 atom stereocenters. The quantitative estimate of drug-likeness (QED) is 0.883. The van der Waals surface area contributed by atoms with Gasteiger partial charge in [0.05, 0.1) is 5.60 Å². The van der Waals surface area contributed by atoms with Crippen molar-refractivity contribution in [1.29, 1.82) is 0 Å². The van der Waals surface area contributed by atoms with Crippen molar-refractivity contribution in [1.82, 2.24) is 0 Å². The molecule has 0 spiro atoms. The summed E-state index contributed by atoms with van der Waals surface area (Å²) in [4.78, 5) is 0.